The molecule has 1 aliphatic heterocycles. The maximum atomic E-state index is 13.4. The van der Waals surface area contributed by atoms with E-state index in [2.05, 4.69) is 0 Å². The van der Waals surface area contributed by atoms with Crippen molar-refractivity contribution in [2.24, 2.45) is 5.92 Å². The van der Waals surface area contributed by atoms with E-state index >= 15 is 0 Å². The number of aliphatic hydroxyl groups excluding tert-OH is 1. The number of rotatable bonds is 2. The van der Waals surface area contributed by atoms with Gasteiger partial charge >= 0.3 is 0 Å². The molecule has 0 aliphatic carbocycles. The third-order valence-corrected chi connectivity index (χ3v) is 5.85. The summed E-state index contributed by atoms with van der Waals surface area (Å²) in [5.41, 5.74) is 0.850. The molecule has 2 aromatic rings. The van der Waals surface area contributed by atoms with Gasteiger partial charge in [0.2, 0.25) is 0 Å². The summed E-state index contributed by atoms with van der Waals surface area (Å²) in [6.45, 7) is 4.64. The molecule has 2 heterocycles. The second-order valence-corrected chi connectivity index (χ2v) is 7.18. The SMILES string of the molecule is Cc1c(C(=O)N2CC(CO)CCC2C)sc2ccc(F)cc12. The number of halogens is 1. The van der Waals surface area contributed by atoms with E-state index in [1.807, 2.05) is 18.7 Å². The summed E-state index contributed by atoms with van der Waals surface area (Å²) in [6.07, 6.45) is 1.87. The minimum Gasteiger partial charge on any atom is -0.396 e. The van der Waals surface area contributed by atoms with Crippen LogP contribution in [0.4, 0.5) is 4.39 Å². The number of nitrogens with zero attached hydrogens (tertiary/aromatic N) is 1. The molecule has 22 heavy (non-hydrogen) atoms. The number of carbonyl (C=O) groups excluding carboxylic acids is 1. The molecule has 1 fully saturated rings. The molecule has 0 radical (unpaired) electrons. The van der Waals surface area contributed by atoms with Gasteiger partial charge in [0.1, 0.15) is 5.82 Å². The summed E-state index contributed by atoms with van der Waals surface area (Å²) in [6, 6.07) is 4.83. The zero-order valence-corrected chi connectivity index (χ0v) is 13.6. The van der Waals surface area contributed by atoms with Crippen molar-refractivity contribution in [3.05, 3.63) is 34.5 Å². The molecule has 1 aliphatic rings. The molecule has 2 atom stereocenters. The lowest BCUT2D eigenvalue weighted by molar-refractivity contribution is 0.0493. The van der Waals surface area contributed by atoms with Crippen molar-refractivity contribution in [3.8, 4) is 0 Å². The Kier molecular flexibility index (Phi) is 4.19. The molecule has 0 spiro atoms. The van der Waals surface area contributed by atoms with E-state index in [-0.39, 0.29) is 30.3 Å². The number of thiophene rings is 1. The number of aliphatic hydroxyl groups is 1. The smallest absolute Gasteiger partial charge is 0.264 e. The number of hydrogen-bond acceptors (Lipinski definition) is 3. The summed E-state index contributed by atoms with van der Waals surface area (Å²) in [5.74, 6) is -0.115. The van der Waals surface area contributed by atoms with Crippen LogP contribution in [-0.4, -0.2) is 35.1 Å². The fourth-order valence-corrected chi connectivity index (χ4v) is 4.29. The van der Waals surface area contributed by atoms with Gasteiger partial charge in [0.15, 0.2) is 0 Å². The zero-order chi connectivity index (χ0) is 15.9. The Labute approximate surface area is 133 Å². The van der Waals surface area contributed by atoms with Crippen molar-refractivity contribution in [1.82, 2.24) is 4.90 Å². The van der Waals surface area contributed by atoms with Crippen molar-refractivity contribution in [2.75, 3.05) is 13.2 Å². The number of carbonyl (C=O) groups is 1. The van der Waals surface area contributed by atoms with Gasteiger partial charge in [-0.05, 0) is 61.8 Å². The highest BCUT2D eigenvalue weighted by atomic mass is 32.1. The number of likely N-dealkylation sites (tertiary alicyclic amines) is 1. The number of aryl methyl sites for hydroxylation is 1. The number of piperidine rings is 1. The first kappa shape index (κ1) is 15.4. The molecule has 2 unspecified atom stereocenters. The predicted octanol–water partition coefficient (Wildman–Crippen LogP) is 3.58. The van der Waals surface area contributed by atoms with Crippen LogP contribution in [0.25, 0.3) is 10.1 Å². The molecular weight excluding hydrogens is 301 g/mol. The standard InChI is InChI=1S/C17H20FNO2S/c1-10-3-4-12(9-20)8-19(10)17(21)16-11(2)14-7-13(18)5-6-15(14)22-16/h5-7,10,12,20H,3-4,8-9H2,1-2H3. The van der Waals surface area contributed by atoms with Gasteiger partial charge in [0.05, 0.1) is 4.88 Å². The summed E-state index contributed by atoms with van der Waals surface area (Å²) in [4.78, 5) is 15.5. The van der Waals surface area contributed by atoms with E-state index in [0.717, 1.165) is 28.5 Å². The third-order valence-electron chi connectivity index (χ3n) is 4.59. The molecule has 1 saturated heterocycles. The Balaban J connectivity index is 1.96. The maximum Gasteiger partial charge on any atom is 0.264 e. The average Bonchev–Trinajstić information content (AvgIpc) is 2.84. The Hall–Kier alpha value is -1.46. The quantitative estimate of drug-likeness (QED) is 0.918. The zero-order valence-electron chi connectivity index (χ0n) is 12.8. The van der Waals surface area contributed by atoms with Crippen LogP contribution in [0.1, 0.15) is 35.0 Å². The molecule has 1 N–H and O–H groups in total. The van der Waals surface area contributed by atoms with Crippen LogP contribution in [0.2, 0.25) is 0 Å². The molecular formula is C17H20FNO2S. The first-order valence-corrected chi connectivity index (χ1v) is 8.43. The van der Waals surface area contributed by atoms with E-state index in [1.54, 1.807) is 6.07 Å². The second-order valence-electron chi connectivity index (χ2n) is 6.13. The summed E-state index contributed by atoms with van der Waals surface area (Å²) < 4.78 is 14.4. The predicted molar refractivity (Wildman–Crippen MR) is 86.8 cm³/mol. The van der Waals surface area contributed by atoms with Crippen molar-refractivity contribution >= 4 is 27.3 Å². The number of amides is 1. The van der Waals surface area contributed by atoms with E-state index in [4.69, 9.17) is 0 Å². The van der Waals surface area contributed by atoms with E-state index in [0.29, 0.717) is 11.4 Å². The van der Waals surface area contributed by atoms with E-state index in [9.17, 15) is 14.3 Å². The fourth-order valence-electron chi connectivity index (χ4n) is 3.14. The van der Waals surface area contributed by atoms with Crippen LogP contribution in [0.5, 0.6) is 0 Å². The average molecular weight is 321 g/mol. The Morgan fingerprint density at radius 2 is 2.23 bits per heavy atom. The normalized spacial score (nSPS) is 22.3. The molecule has 1 aromatic carbocycles. The van der Waals surface area contributed by atoms with Gasteiger partial charge in [-0.25, -0.2) is 4.39 Å². The first-order chi connectivity index (χ1) is 10.5. The van der Waals surface area contributed by atoms with Crippen molar-refractivity contribution in [1.29, 1.82) is 0 Å². The highest BCUT2D eigenvalue weighted by Gasteiger charge is 2.31. The van der Waals surface area contributed by atoms with Gasteiger partial charge in [-0.3, -0.25) is 4.79 Å². The van der Waals surface area contributed by atoms with Gasteiger partial charge in [-0.15, -0.1) is 11.3 Å². The minimum atomic E-state index is -0.279. The van der Waals surface area contributed by atoms with Crippen LogP contribution in [0.3, 0.4) is 0 Å². The van der Waals surface area contributed by atoms with Gasteiger partial charge < -0.3 is 10.0 Å². The summed E-state index contributed by atoms with van der Waals surface area (Å²) >= 11 is 1.42. The summed E-state index contributed by atoms with van der Waals surface area (Å²) in [7, 11) is 0. The largest absolute Gasteiger partial charge is 0.396 e. The van der Waals surface area contributed by atoms with E-state index < -0.39 is 0 Å². The monoisotopic (exact) mass is 321 g/mol. The van der Waals surface area contributed by atoms with Crippen LogP contribution >= 0.6 is 11.3 Å². The van der Waals surface area contributed by atoms with Crippen LogP contribution in [0, 0.1) is 18.7 Å². The van der Waals surface area contributed by atoms with Crippen LogP contribution in [-0.2, 0) is 0 Å². The molecule has 0 saturated carbocycles. The van der Waals surface area contributed by atoms with Gasteiger partial charge in [-0.1, -0.05) is 0 Å². The molecule has 3 rings (SSSR count). The Morgan fingerprint density at radius 1 is 1.45 bits per heavy atom. The van der Waals surface area contributed by atoms with Gasteiger partial charge in [0.25, 0.3) is 5.91 Å². The molecule has 1 aromatic heterocycles. The minimum absolute atomic E-state index is 0.00441. The highest BCUT2D eigenvalue weighted by molar-refractivity contribution is 7.21. The van der Waals surface area contributed by atoms with Crippen LogP contribution in [0.15, 0.2) is 18.2 Å². The number of benzene rings is 1. The Bertz CT molecular complexity index is 712. The lowest BCUT2D eigenvalue weighted by Crippen LogP contribution is -2.46. The fraction of sp³-hybridized carbons (Fsp3) is 0.471. The molecule has 5 heteroatoms. The number of hydrogen-bond donors (Lipinski definition) is 1. The van der Waals surface area contributed by atoms with Crippen molar-refractivity contribution in [3.63, 3.8) is 0 Å². The lowest BCUT2D eigenvalue weighted by atomic mass is 9.94. The first-order valence-electron chi connectivity index (χ1n) is 7.61. The summed E-state index contributed by atoms with van der Waals surface area (Å²) in [5, 5.41) is 10.2. The third kappa shape index (κ3) is 2.63. The molecule has 0 bridgehead atoms. The molecule has 118 valence electrons. The van der Waals surface area contributed by atoms with Crippen molar-refractivity contribution < 1.29 is 14.3 Å². The van der Waals surface area contributed by atoms with Crippen LogP contribution < -0.4 is 0 Å². The van der Waals surface area contributed by atoms with Crippen molar-refractivity contribution in [2.45, 2.75) is 32.7 Å². The Morgan fingerprint density at radius 3 is 2.95 bits per heavy atom. The maximum absolute atomic E-state index is 13.4. The van der Waals surface area contributed by atoms with Gasteiger partial charge in [0, 0.05) is 23.9 Å². The number of fused-ring (bicyclic) bond motifs is 1. The second kappa shape index (κ2) is 5.97. The highest BCUT2D eigenvalue weighted by Crippen LogP contribution is 2.34. The molecule has 1 amide bonds. The molecule has 3 nitrogen and oxygen atoms in total. The lowest BCUT2D eigenvalue weighted by Gasteiger charge is -2.37. The van der Waals surface area contributed by atoms with E-state index in [1.165, 1.54) is 23.5 Å². The van der Waals surface area contributed by atoms with Gasteiger partial charge in [-0.2, -0.15) is 0 Å². The topological polar surface area (TPSA) is 40.5 Å².